The Labute approximate surface area is 174 Å². The summed E-state index contributed by atoms with van der Waals surface area (Å²) in [5.41, 5.74) is -0.767. The number of alkyl halides is 2. The molecule has 0 bridgehead atoms. The lowest BCUT2D eigenvalue weighted by Gasteiger charge is -2.26. The van der Waals surface area contributed by atoms with Crippen molar-refractivity contribution in [3.8, 4) is 0 Å². The predicted molar refractivity (Wildman–Crippen MR) is 106 cm³/mol. The van der Waals surface area contributed by atoms with Crippen molar-refractivity contribution in [1.29, 1.82) is 0 Å². The van der Waals surface area contributed by atoms with Gasteiger partial charge >= 0.3 is 0 Å². The van der Waals surface area contributed by atoms with Gasteiger partial charge in [-0.3, -0.25) is 14.3 Å². The summed E-state index contributed by atoms with van der Waals surface area (Å²) in [6.07, 6.45) is -1.22. The Hall–Kier alpha value is -1.74. The number of thiophene rings is 1. The first-order chi connectivity index (χ1) is 13.2. The molecule has 0 saturated carbocycles. The zero-order valence-electron chi connectivity index (χ0n) is 15.2. The van der Waals surface area contributed by atoms with Gasteiger partial charge in [-0.25, -0.2) is 13.8 Å². The molecule has 2 aromatic heterocycles. The summed E-state index contributed by atoms with van der Waals surface area (Å²) in [7, 11) is 2.80. The van der Waals surface area contributed by atoms with E-state index in [4.69, 9.17) is 28.0 Å². The monoisotopic (exact) mass is 447 g/mol. The van der Waals surface area contributed by atoms with Crippen LogP contribution < -0.4 is 0 Å². The van der Waals surface area contributed by atoms with Gasteiger partial charge in [-0.1, -0.05) is 23.2 Å². The van der Waals surface area contributed by atoms with E-state index in [-0.39, 0.29) is 5.56 Å². The zero-order valence-corrected chi connectivity index (χ0v) is 17.6. The summed E-state index contributed by atoms with van der Waals surface area (Å²) in [6, 6.07) is 4.99. The van der Waals surface area contributed by atoms with Crippen LogP contribution in [0.3, 0.4) is 0 Å². The highest BCUT2D eigenvalue weighted by atomic mass is 35.5. The van der Waals surface area contributed by atoms with Gasteiger partial charge in [0, 0.05) is 39.7 Å². The van der Waals surface area contributed by atoms with Crippen molar-refractivity contribution in [2.45, 2.75) is 25.8 Å². The topological polar surface area (TPSA) is 47.4 Å². The molecule has 3 rings (SSSR count). The fourth-order valence-electron chi connectivity index (χ4n) is 2.99. The number of hydrogen-bond donors (Lipinski definition) is 0. The summed E-state index contributed by atoms with van der Waals surface area (Å²) in [5, 5.41) is 6.72. The highest BCUT2D eigenvalue weighted by molar-refractivity contribution is 7.19. The number of halogens is 4. The van der Waals surface area contributed by atoms with E-state index in [1.165, 1.54) is 36.4 Å². The fourth-order valence-corrected chi connectivity index (χ4v) is 4.76. The van der Waals surface area contributed by atoms with Crippen molar-refractivity contribution in [3.05, 3.63) is 50.6 Å². The summed E-state index contributed by atoms with van der Waals surface area (Å²) in [5.74, 6) is -0.682. The number of hydrogen-bond acceptors (Lipinski definition) is 4. The third kappa shape index (κ3) is 4.00. The number of benzene rings is 1. The molecule has 0 aliphatic carbocycles. The second-order valence-corrected chi connectivity index (χ2v) is 8.20. The molecule has 0 N–H and O–H groups in total. The van der Waals surface area contributed by atoms with E-state index in [1.807, 2.05) is 6.07 Å². The maximum Gasteiger partial charge on any atom is 0.282 e. The van der Waals surface area contributed by atoms with E-state index < -0.39 is 24.1 Å². The van der Waals surface area contributed by atoms with Crippen LogP contribution >= 0.6 is 34.5 Å². The molecule has 0 saturated heterocycles. The quantitative estimate of drug-likeness (QED) is 0.467. The number of nitrogens with zero attached hydrogens (tertiary/aromatic N) is 3. The highest BCUT2D eigenvalue weighted by Crippen LogP contribution is 2.38. The molecular weight excluding hydrogens is 431 g/mol. The number of hydroxylamine groups is 2. The van der Waals surface area contributed by atoms with Crippen molar-refractivity contribution >= 4 is 50.5 Å². The minimum Gasteiger partial charge on any atom is -0.275 e. The van der Waals surface area contributed by atoms with Crippen molar-refractivity contribution in [2.24, 2.45) is 7.05 Å². The second-order valence-electron chi connectivity index (χ2n) is 6.25. The molecule has 3 aromatic rings. The standard InChI is InChI=1S/C18H17Cl2F2N3O2S/c1-9(6-14-15(20)11-7-10(19)4-5-13(11)28-14)25(27-3)18(26)12-8-24(2)23-16(12)17(21)22/h4-5,7-9,17H,6H2,1-3H3. The molecule has 5 nitrogen and oxygen atoms in total. The predicted octanol–water partition coefficient (Wildman–Crippen LogP) is 5.51. The van der Waals surface area contributed by atoms with E-state index in [0.717, 1.165) is 20.0 Å². The first-order valence-electron chi connectivity index (χ1n) is 8.28. The molecule has 0 spiro atoms. The lowest BCUT2D eigenvalue weighted by molar-refractivity contribution is -0.119. The van der Waals surface area contributed by atoms with Crippen molar-refractivity contribution in [3.63, 3.8) is 0 Å². The lowest BCUT2D eigenvalue weighted by atomic mass is 10.1. The molecule has 10 heteroatoms. The van der Waals surface area contributed by atoms with Gasteiger partial charge < -0.3 is 0 Å². The number of amides is 1. The van der Waals surface area contributed by atoms with Crippen LogP contribution in [0.25, 0.3) is 10.1 Å². The van der Waals surface area contributed by atoms with Crippen LogP contribution in [0.2, 0.25) is 10.0 Å². The second kappa shape index (κ2) is 8.32. The third-order valence-electron chi connectivity index (χ3n) is 4.23. The van der Waals surface area contributed by atoms with Gasteiger partial charge in [0.15, 0.2) is 0 Å². The maximum absolute atomic E-state index is 13.2. The molecule has 1 aromatic carbocycles. The van der Waals surface area contributed by atoms with E-state index in [1.54, 1.807) is 19.1 Å². The lowest BCUT2D eigenvalue weighted by Crippen LogP contribution is -2.39. The molecule has 1 amide bonds. The van der Waals surface area contributed by atoms with Crippen LogP contribution in [-0.2, 0) is 18.3 Å². The van der Waals surface area contributed by atoms with Crippen molar-refractivity contribution < 1.29 is 18.4 Å². The van der Waals surface area contributed by atoms with Crippen molar-refractivity contribution in [1.82, 2.24) is 14.8 Å². The number of aryl methyl sites for hydroxylation is 1. The van der Waals surface area contributed by atoms with Crippen LogP contribution in [0.15, 0.2) is 24.4 Å². The van der Waals surface area contributed by atoms with Gasteiger partial charge in [-0.05, 0) is 25.1 Å². The number of fused-ring (bicyclic) bond motifs is 1. The molecular formula is C18H17Cl2F2N3O2S. The molecule has 1 unspecified atom stereocenters. The number of aromatic nitrogens is 2. The van der Waals surface area contributed by atoms with Crippen LogP contribution in [-0.4, -0.2) is 33.9 Å². The SMILES string of the molecule is CON(C(=O)c1cn(C)nc1C(F)F)C(C)Cc1sc2ccc(Cl)cc2c1Cl. The van der Waals surface area contributed by atoms with Gasteiger partial charge in [0.1, 0.15) is 5.69 Å². The largest absolute Gasteiger partial charge is 0.282 e. The normalized spacial score (nSPS) is 12.7. The van der Waals surface area contributed by atoms with E-state index in [2.05, 4.69) is 5.10 Å². The van der Waals surface area contributed by atoms with Gasteiger partial charge in [0.05, 0.1) is 23.7 Å². The Kier molecular flexibility index (Phi) is 6.24. The summed E-state index contributed by atoms with van der Waals surface area (Å²) in [4.78, 5) is 18.9. The van der Waals surface area contributed by atoms with Crippen LogP contribution in [0.5, 0.6) is 0 Å². The minimum absolute atomic E-state index is 0.194. The number of carbonyl (C=O) groups excluding carboxylic acids is 1. The fraction of sp³-hybridized carbons (Fsp3) is 0.333. The zero-order chi connectivity index (χ0) is 20.6. The van der Waals surface area contributed by atoms with Crippen LogP contribution in [0, 0.1) is 0 Å². The van der Waals surface area contributed by atoms with Crippen LogP contribution in [0.4, 0.5) is 8.78 Å². The molecule has 28 heavy (non-hydrogen) atoms. The Morgan fingerprint density at radius 3 is 2.75 bits per heavy atom. The number of rotatable bonds is 6. The average molecular weight is 448 g/mol. The summed E-state index contributed by atoms with van der Waals surface area (Å²) < 4.78 is 28.6. The smallest absolute Gasteiger partial charge is 0.275 e. The molecule has 0 aliphatic heterocycles. The number of carbonyl (C=O) groups is 1. The molecule has 0 aliphatic rings. The minimum atomic E-state index is -2.86. The van der Waals surface area contributed by atoms with E-state index in [9.17, 15) is 13.6 Å². The van der Waals surface area contributed by atoms with Crippen LogP contribution in [0.1, 0.15) is 34.3 Å². The van der Waals surface area contributed by atoms with Gasteiger partial charge in [0.2, 0.25) is 0 Å². The van der Waals surface area contributed by atoms with Gasteiger partial charge in [-0.15, -0.1) is 11.3 Å². The Morgan fingerprint density at radius 1 is 1.39 bits per heavy atom. The summed E-state index contributed by atoms with van der Waals surface area (Å²) in [6.45, 7) is 1.76. The van der Waals surface area contributed by atoms with Crippen molar-refractivity contribution in [2.75, 3.05) is 7.11 Å². The third-order valence-corrected chi connectivity index (χ3v) is 6.20. The highest BCUT2D eigenvalue weighted by Gasteiger charge is 2.30. The Bertz CT molecular complexity index is 1020. The first-order valence-corrected chi connectivity index (χ1v) is 9.86. The average Bonchev–Trinajstić information content (AvgIpc) is 3.17. The summed E-state index contributed by atoms with van der Waals surface area (Å²) >= 11 is 14.0. The Balaban J connectivity index is 1.87. The molecule has 150 valence electrons. The molecule has 0 fully saturated rings. The molecule has 1 atom stereocenters. The van der Waals surface area contributed by atoms with E-state index in [0.29, 0.717) is 16.5 Å². The first kappa shape index (κ1) is 21.0. The molecule has 2 heterocycles. The maximum atomic E-state index is 13.2. The van der Waals surface area contributed by atoms with E-state index >= 15 is 0 Å². The van der Waals surface area contributed by atoms with Gasteiger partial charge in [0.25, 0.3) is 12.3 Å². The van der Waals surface area contributed by atoms with Gasteiger partial charge in [-0.2, -0.15) is 5.10 Å². The molecule has 0 radical (unpaired) electrons. The Morgan fingerprint density at radius 2 is 2.11 bits per heavy atom.